The molecule has 1 aliphatic carbocycles. The SMILES string of the molecule is CC(C)(C)[C@H](NC(=O)[C@H](Cn1cc(C2CC2)nn1)NC(=O)CNC(=O)CC[C@H](NS(=O)(=O)c1ccc(Cl)c(C(F)(F)F)c1)C(=O)O)C(=O)N1CCC[C@H]1CC(N)=O. The fraction of sp³-hybridized carbons (Fsp3) is 0.588. The number of amides is 5. The number of alkyl halides is 3. The topological polar surface area (TPSA) is 265 Å². The summed E-state index contributed by atoms with van der Waals surface area (Å²) in [7, 11) is -4.84. The second kappa shape index (κ2) is 18.2. The Morgan fingerprint density at radius 1 is 1.04 bits per heavy atom. The van der Waals surface area contributed by atoms with Crippen LogP contribution in [0.15, 0.2) is 29.3 Å². The van der Waals surface area contributed by atoms with Gasteiger partial charge in [0.1, 0.15) is 18.1 Å². The van der Waals surface area contributed by atoms with Gasteiger partial charge in [0.15, 0.2) is 0 Å². The predicted octanol–water partition coefficient (Wildman–Crippen LogP) is 1.04. The Hall–Kier alpha value is -4.83. The number of benzene rings is 1. The lowest BCUT2D eigenvalue weighted by molar-refractivity contribution is -0.141. The van der Waals surface area contributed by atoms with Crippen LogP contribution in [0.1, 0.15) is 82.9 Å². The van der Waals surface area contributed by atoms with Gasteiger partial charge in [0.25, 0.3) is 0 Å². The lowest BCUT2D eigenvalue weighted by atomic mass is 9.85. The Morgan fingerprint density at radius 2 is 1.72 bits per heavy atom. The van der Waals surface area contributed by atoms with Crippen LogP contribution in [-0.2, 0) is 51.5 Å². The summed E-state index contributed by atoms with van der Waals surface area (Å²) in [5.41, 5.74) is 3.81. The lowest BCUT2D eigenvalue weighted by Crippen LogP contribution is -2.60. The number of sulfonamides is 1. The molecule has 57 heavy (non-hydrogen) atoms. The summed E-state index contributed by atoms with van der Waals surface area (Å²) in [4.78, 5) is 77.6. The fourth-order valence-corrected chi connectivity index (χ4v) is 7.62. The number of nitrogens with one attached hydrogen (secondary N) is 4. The van der Waals surface area contributed by atoms with E-state index < -0.39 is 116 Å². The van der Waals surface area contributed by atoms with E-state index in [9.17, 15) is 55.5 Å². The molecule has 7 N–H and O–H groups in total. The van der Waals surface area contributed by atoms with Crippen LogP contribution in [0.3, 0.4) is 0 Å². The van der Waals surface area contributed by atoms with Gasteiger partial charge in [-0.2, -0.15) is 17.9 Å². The molecule has 1 aliphatic heterocycles. The second-order valence-electron chi connectivity index (χ2n) is 15.0. The highest BCUT2D eigenvalue weighted by molar-refractivity contribution is 7.89. The second-order valence-corrected chi connectivity index (χ2v) is 17.2. The number of carbonyl (C=O) groups excluding carboxylic acids is 5. The molecule has 0 spiro atoms. The quantitative estimate of drug-likeness (QED) is 0.123. The standard InChI is InChI=1S/C34H45ClF3N9O9S/c1-33(2,3)29(31(52)47-12-4-5-19(47)13-26(39)48)42-30(51)25(17-46-16-24(43-45-46)18-6-7-18)41-28(50)15-40-27(49)11-10-23(32(53)54)44-57(55,56)20-8-9-22(35)21(14-20)34(36,37)38/h8-9,14,16,18-19,23,25,29,44H,4-7,10-13,15,17H2,1-3H3,(H2,39,48)(H,40,49)(H,41,50)(H,42,51)(H,53,54)/t19-,23-,25-,29+/m0/s1. The summed E-state index contributed by atoms with van der Waals surface area (Å²) in [6, 6.07) is -3.15. The molecule has 2 heterocycles. The highest BCUT2D eigenvalue weighted by atomic mass is 35.5. The molecule has 4 atom stereocenters. The number of likely N-dealkylation sites (tertiary alicyclic amines) is 1. The molecule has 0 radical (unpaired) electrons. The molecular formula is C34H45ClF3N9O9S. The number of hydrogen-bond acceptors (Lipinski definition) is 10. The molecule has 5 amide bonds. The van der Waals surface area contributed by atoms with Gasteiger partial charge in [-0.15, -0.1) is 5.10 Å². The van der Waals surface area contributed by atoms with Crippen molar-refractivity contribution in [3.8, 4) is 0 Å². The number of nitrogens with two attached hydrogens (primary N) is 1. The van der Waals surface area contributed by atoms with Crippen LogP contribution in [0, 0.1) is 5.41 Å². The largest absolute Gasteiger partial charge is 0.480 e. The first-order valence-corrected chi connectivity index (χ1v) is 19.8. The number of rotatable bonds is 18. The molecule has 314 valence electrons. The number of halogens is 4. The first kappa shape index (κ1) is 44.9. The number of carboxylic acids is 1. The van der Waals surface area contributed by atoms with Crippen molar-refractivity contribution in [1.82, 2.24) is 40.6 Å². The van der Waals surface area contributed by atoms with E-state index in [0.29, 0.717) is 31.1 Å². The van der Waals surface area contributed by atoms with Crippen LogP contribution in [0.2, 0.25) is 5.02 Å². The summed E-state index contributed by atoms with van der Waals surface area (Å²) >= 11 is 5.55. The molecule has 18 nitrogen and oxygen atoms in total. The molecular weight excluding hydrogens is 803 g/mol. The van der Waals surface area contributed by atoms with E-state index in [2.05, 4.69) is 26.3 Å². The van der Waals surface area contributed by atoms with Gasteiger partial charge in [0, 0.05) is 37.5 Å². The molecule has 1 saturated carbocycles. The van der Waals surface area contributed by atoms with Crippen molar-refractivity contribution < 1.29 is 55.5 Å². The molecule has 4 rings (SSSR count). The number of primary amides is 1. The van der Waals surface area contributed by atoms with Crippen LogP contribution in [0.4, 0.5) is 13.2 Å². The minimum atomic E-state index is -5.00. The average Bonchev–Trinajstić information content (AvgIpc) is 3.67. The Labute approximate surface area is 330 Å². The van der Waals surface area contributed by atoms with Gasteiger partial charge in [0.05, 0.1) is 34.3 Å². The molecule has 0 bridgehead atoms. The normalized spacial score (nSPS) is 17.7. The van der Waals surface area contributed by atoms with E-state index >= 15 is 0 Å². The summed E-state index contributed by atoms with van der Waals surface area (Å²) < 4.78 is 68.5. The predicted molar refractivity (Wildman–Crippen MR) is 194 cm³/mol. The van der Waals surface area contributed by atoms with Crippen molar-refractivity contribution in [2.45, 2.75) is 113 Å². The van der Waals surface area contributed by atoms with Crippen molar-refractivity contribution in [2.75, 3.05) is 13.1 Å². The van der Waals surface area contributed by atoms with Crippen LogP contribution in [0.5, 0.6) is 0 Å². The van der Waals surface area contributed by atoms with Crippen LogP contribution >= 0.6 is 11.6 Å². The number of carbonyl (C=O) groups is 6. The van der Waals surface area contributed by atoms with Gasteiger partial charge in [-0.05, 0) is 55.7 Å². The fourth-order valence-electron chi connectivity index (χ4n) is 6.14. The maximum absolute atomic E-state index is 13.9. The van der Waals surface area contributed by atoms with Gasteiger partial charge in [-0.3, -0.25) is 28.8 Å². The molecule has 1 saturated heterocycles. The number of hydrogen-bond donors (Lipinski definition) is 6. The van der Waals surface area contributed by atoms with Crippen LogP contribution in [-0.4, -0.2) is 106 Å². The van der Waals surface area contributed by atoms with Gasteiger partial charge >= 0.3 is 12.1 Å². The van der Waals surface area contributed by atoms with E-state index in [4.69, 9.17) is 17.3 Å². The maximum atomic E-state index is 13.9. The highest BCUT2D eigenvalue weighted by Gasteiger charge is 2.41. The number of carboxylic acid groups (broad SMARTS) is 1. The molecule has 1 aromatic carbocycles. The van der Waals surface area contributed by atoms with Gasteiger partial charge < -0.3 is 31.7 Å². The van der Waals surface area contributed by atoms with Gasteiger partial charge in [-0.25, -0.2) is 13.1 Å². The molecule has 0 unspecified atom stereocenters. The Balaban J connectivity index is 1.41. The third-order valence-electron chi connectivity index (χ3n) is 9.33. The summed E-state index contributed by atoms with van der Waals surface area (Å²) in [5, 5.41) is 24.5. The third-order valence-corrected chi connectivity index (χ3v) is 11.1. The Bertz CT molecular complexity index is 1970. The van der Waals surface area contributed by atoms with E-state index in [1.54, 1.807) is 31.7 Å². The van der Waals surface area contributed by atoms with Crippen LogP contribution < -0.4 is 26.4 Å². The first-order chi connectivity index (χ1) is 26.5. The van der Waals surface area contributed by atoms with Crippen molar-refractivity contribution in [3.05, 3.63) is 40.7 Å². The zero-order chi connectivity index (χ0) is 42.5. The molecule has 2 aromatic rings. The summed E-state index contributed by atoms with van der Waals surface area (Å²) in [6.07, 6.45) is -1.68. The molecule has 2 fully saturated rings. The molecule has 1 aromatic heterocycles. The summed E-state index contributed by atoms with van der Waals surface area (Å²) in [6.45, 7) is 4.62. The van der Waals surface area contributed by atoms with Crippen LogP contribution in [0.25, 0.3) is 0 Å². The average molecular weight is 848 g/mol. The number of nitrogens with zero attached hydrogens (tertiary/aromatic N) is 4. The highest BCUT2D eigenvalue weighted by Crippen LogP contribution is 2.38. The maximum Gasteiger partial charge on any atom is 0.417 e. The van der Waals surface area contributed by atoms with Gasteiger partial charge in [0.2, 0.25) is 39.6 Å². The van der Waals surface area contributed by atoms with Crippen molar-refractivity contribution in [2.24, 2.45) is 11.1 Å². The molecule has 23 heteroatoms. The van der Waals surface area contributed by atoms with E-state index in [1.165, 1.54) is 9.58 Å². The lowest BCUT2D eigenvalue weighted by Gasteiger charge is -2.36. The summed E-state index contributed by atoms with van der Waals surface area (Å²) in [5.74, 6) is -5.06. The van der Waals surface area contributed by atoms with Crippen molar-refractivity contribution in [3.63, 3.8) is 0 Å². The smallest absolute Gasteiger partial charge is 0.417 e. The first-order valence-electron chi connectivity index (χ1n) is 17.9. The van der Waals surface area contributed by atoms with Crippen molar-refractivity contribution >= 4 is 57.1 Å². The third kappa shape index (κ3) is 12.6. The van der Waals surface area contributed by atoms with E-state index in [0.717, 1.165) is 18.9 Å². The van der Waals surface area contributed by atoms with Crippen molar-refractivity contribution in [1.29, 1.82) is 0 Å². The Kier molecular flexibility index (Phi) is 14.3. The number of aromatic nitrogens is 3. The minimum Gasteiger partial charge on any atom is -0.480 e. The minimum absolute atomic E-state index is 0.0430. The van der Waals surface area contributed by atoms with E-state index in [1.807, 2.05) is 0 Å². The van der Waals surface area contributed by atoms with Gasteiger partial charge in [-0.1, -0.05) is 37.6 Å². The van der Waals surface area contributed by atoms with E-state index in [-0.39, 0.29) is 24.9 Å². The monoisotopic (exact) mass is 847 g/mol. The zero-order valence-electron chi connectivity index (χ0n) is 31.3. The number of aliphatic carboxylic acids is 1. The molecule has 2 aliphatic rings. The zero-order valence-corrected chi connectivity index (χ0v) is 32.8. The Morgan fingerprint density at radius 3 is 2.32 bits per heavy atom.